The monoisotopic (exact) mass is 324 g/mol. The Hall–Kier alpha value is -2.20. The highest BCUT2D eigenvalue weighted by Crippen LogP contribution is 2.29. The molecule has 1 aromatic carbocycles. The third-order valence-corrected chi connectivity index (χ3v) is 2.82. The number of pyridine rings is 1. The first kappa shape index (κ1) is 13.2. The SMILES string of the molecule is N#Cc1ccnc(Nc2c(F)cc(Br)cc2F)c1N. The molecule has 0 aliphatic rings. The van der Waals surface area contributed by atoms with Gasteiger partial charge in [-0.2, -0.15) is 5.26 Å². The fraction of sp³-hybridized carbons (Fsp3) is 0. The standard InChI is InChI=1S/C12H7BrF2N4/c13-7-3-8(14)11(9(15)4-7)19-12-10(17)6(5-16)1-2-18-12/h1-4H,17H2,(H,18,19). The van der Waals surface area contributed by atoms with Crippen molar-refractivity contribution in [1.29, 1.82) is 5.26 Å². The van der Waals surface area contributed by atoms with Crippen molar-refractivity contribution in [2.24, 2.45) is 0 Å². The highest BCUT2D eigenvalue weighted by molar-refractivity contribution is 9.10. The molecule has 0 unspecified atom stereocenters. The number of nitrogens with zero attached hydrogens (tertiary/aromatic N) is 2. The van der Waals surface area contributed by atoms with Gasteiger partial charge in [-0.1, -0.05) is 15.9 Å². The van der Waals surface area contributed by atoms with Gasteiger partial charge in [-0.05, 0) is 18.2 Å². The Morgan fingerprint density at radius 3 is 2.53 bits per heavy atom. The summed E-state index contributed by atoms with van der Waals surface area (Å²) in [5.41, 5.74) is 5.50. The van der Waals surface area contributed by atoms with Crippen LogP contribution in [0.25, 0.3) is 0 Å². The van der Waals surface area contributed by atoms with E-state index >= 15 is 0 Å². The molecule has 2 rings (SSSR count). The molecular formula is C12H7BrF2N4. The Bertz CT molecular complexity index is 659. The number of aromatic nitrogens is 1. The molecule has 0 spiro atoms. The minimum absolute atomic E-state index is 0.0270. The van der Waals surface area contributed by atoms with Crippen molar-refractivity contribution in [2.75, 3.05) is 11.1 Å². The number of halogens is 3. The third kappa shape index (κ3) is 2.63. The van der Waals surface area contributed by atoms with Gasteiger partial charge < -0.3 is 11.1 Å². The minimum atomic E-state index is -0.796. The first-order chi connectivity index (χ1) is 9.02. The first-order valence-electron chi connectivity index (χ1n) is 5.09. The zero-order valence-corrected chi connectivity index (χ0v) is 11.0. The van der Waals surface area contributed by atoms with Crippen LogP contribution in [0.15, 0.2) is 28.9 Å². The van der Waals surface area contributed by atoms with Gasteiger partial charge >= 0.3 is 0 Å². The number of hydrogen-bond acceptors (Lipinski definition) is 4. The van der Waals surface area contributed by atoms with Gasteiger partial charge in [-0.25, -0.2) is 13.8 Å². The van der Waals surface area contributed by atoms with Crippen molar-refractivity contribution in [3.05, 3.63) is 46.1 Å². The Labute approximate surface area is 116 Å². The van der Waals surface area contributed by atoms with Crippen LogP contribution < -0.4 is 11.1 Å². The van der Waals surface area contributed by atoms with Crippen molar-refractivity contribution >= 4 is 33.1 Å². The molecule has 0 aliphatic carbocycles. The van der Waals surface area contributed by atoms with E-state index in [4.69, 9.17) is 11.0 Å². The topological polar surface area (TPSA) is 74.7 Å². The Kier molecular flexibility index (Phi) is 3.62. The van der Waals surface area contributed by atoms with Crippen LogP contribution in [0.4, 0.5) is 26.0 Å². The highest BCUT2D eigenvalue weighted by Gasteiger charge is 2.14. The third-order valence-electron chi connectivity index (χ3n) is 2.36. The molecule has 1 aromatic heterocycles. The van der Waals surface area contributed by atoms with Crippen molar-refractivity contribution in [3.63, 3.8) is 0 Å². The van der Waals surface area contributed by atoms with Crippen molar-refractivity contribution in [2.45, 2.75) is 0 Å². The second-order valence-corrected chi connectivity index (χ2v) is 4.52. The van der Waals surface area contributed by atoms with Gasteiger partial charge in [0.15, 0.2) is 17.5 Å². The maximum absolute atomic E-state index is 13.6. The van der Waals surface area contributed by atoms with Crippen LogP contribution >= 0.6 is 15.9 Å². The summed E-state index contributed by atoms with van der Waals surface area (Å²) in [7, 11) is 0. The molecule has 1 heterocycles. The summed E-state index contributed by atoms with van der Waals surface area (Å²) in [5, 5.41) is 11.3. The summed E-state index contributed by atoms with van der Waals surface area (Å²) in [6, 6.07) is 5.49. The molecule has 0 saturated carbocycles. The number of nitrogens with one attached hydrogen (secondary N) is 1. The van der Waals surface area contributed by atoms with E-state index < -0.39 is 11.6 Å². The number of anilines is 3. The molecular weight excluding hydrogens is 318 g/mol. The summed E-state index contributed by atoms with van der Waals surface area (Å²) in [4.78, 5) is 3.85. The Morgan fingerprint density at radius 1 is 1.32 bits per heavy atom. The van der Waals surface area contributed by atoms with Gasteiger partial charge in [-0.3, -0.25) is 0 Å². The van der Waals surface area contributed by atoms with Gasteiger partial charge in [0.25, 0.3) is 0 Å². The van der Waals surface area contributed by atoms with Crippen LogP contribution in [-0.2, 0) is 0 Å². The van der Waals surface area contributed by atoms with Gasteiger partial charge in [0.1, 0.15) is 11.8 Å². The van der Waals surface area contributed by atoms with Gasteiger partial charge in [0.2, 0.25) is 0 Å². The predicted octanol–water partition coefficient (Wildman–Crippen LogP) is 3.32. The van der Waals surface area contributed by atoms with E-state index in [2.05, 4.69) is 26.2 Å². The maximum atomic E-state index is 13.6. The summed E-state index contributed by atoms with van der Waals surface area (Å²) >= 11 is 2.98. The molecule has 0 saturated heterocycles. The smallest absolute Gasteiger partial charge is 0.155 e. The molecule has 0 fully saturated rings. The lowest BCUT2D eigenvalue weighted by Crippen LogP contribution is -2.04. The lowest BCUT2D eigenvalue weighted by Gasteiger charge is -2.11. The van der Waals surface area contributed by atoms with Crippen molar-refractivity contribution in [1.82, 2.24) is 4.98 Å². The maximum Gasteiger partial charge on any atom is 0.155 e. The molecule has 0 atom stereocenters. The molecule has 0 aliphatic heterocycles. The van der Waals surface area contributed by atoms with E-state index in [0.717, 1.165) is 12.1 Å². The summed E-state index contributed by atoms with van der Waals surface area (Å²) in [6.07, 6.45) is 1.33. The Morgan fingerprint density at radius 2 is 1.95 bits per heavy atom. The molecule has 2 aromatic rings. The molecule has 96 valence electrons. The van der Waals surface area contributed by atoms with Crippen molar-refractivity contribution < 1.29 is 8.78 Å². The average molecular weight is 325 g/mol. The van der Waals surface area contributed by atoms with Crippen LogP contribution in [0.1, 0.15) is 5.56 Å². The second-order valence-electron chi connectivity index (χ2n) is 3.60. The number of benzene rings is 1. The summed E-state index contributed by atoms with van der Waals surface area (Å²) in [5.74, 6) is -1.56. The van der Waals surface area contributed by atoms with Crippen LogP contribution in [-0.4, -0.2) is 4.98 Å². The number of hydrogen-bond donors (Lipinski definition) is 2. The molecule has 19 heavy (non-hydrogen) atoms. The molecule has 0 amide bonds. The van der Waals surface area contributed by atoms with E-state index in [9.17, 15) is 8.78 Å². The Balaban J connectivity index is 2.46. The zero-order chi connectivity index (χ0) is 14.0. The van der Waals surface area contributed by atoms with E-state index in [1.165, 1.54) is 12.3 Å². The number of nitrogen functional groups attached to an aromatic ring is 1. The second kappa shape index (κ2) is 5.20. The minimum Gasteiger partial charge on any atom is -0.395 e. The van der Waals surface area contributed by atoms with Crippen molar-refractivity contribution in [3.8, 4) is 6.07 Å². The zero-order valence-electron chi connectivity index (χ0n) is 9.42. The van der Waals surface area contributed by atoms with Gasteiger partial charge in [0.05, 0.1) is 11.3 Å². The van der Waals surface area contributed by atoms with E-state index in [1.807, 2.05) is 6.07 Å². The molecule has 0 radical (unpaired) electrons. The number of rotatable bonds is 2. The van der Waals surface area contributed by atoms with Crippen LogP contribution in [0.3, 0.4) is 0 Å². The van der Waals surface area contributed by atoms with Gasteiger partial charge in [-0.15, -0.1) is 0 Å². The fourth-order valence-electron chi connectivity index (χ4n) is 1.45. The van der Waals surface area contributed by atoms with Gasteiger partial charge in [0, 0.05) is 10.7 Å². The molecule has 0 bridgehead atoms. The van der Waals surface area contributed by atoms with Crippen LogP contribution in [0.5, 0.6) is 0 Å². The van der Waals surface area contributed by atoms with E-state index in [1.54, 1.807) is 0 Å². The highest BCUT2D eigenvalue weighted by atomic mass is 79.9. The first-order valence-corrected chi connectivity index (χ1v) is 5.88. The predicted molar refractivity (Wildman–Crippen MR) is 70.7 cm³/mol. The lowest BCUT2D eigenvalue weighted by atomic mass is 10.2. The number of nitrogens with two attached hydrogens (primary N) is 1. The molecule has 4 nitrogen and oxygen atoms in total. The normalized spacial score (nSPS) is 10.0. The lowest BCUT2D eigenvalue weighted by molar-refractivity contribution is 0.589. The number of nitriles is 1. The van der Waals surface area contributed by atoms with E-state index in [-0.39, 0.29) is 27.2 Å². The molecule has 7 heteroatoms. The van der Waals surface area contributed by atoms with Crippen LogP contribution in [0.2, 0.25) is 0 Å². The largest absolute Gasteiger partial charge is 0.395 e. The molecule has 3 N–H and O–H groups in total. The quantitative estimate of drug-likeness (QED) is 0.888. The van der Waals surface area contributed by atoms with Crippen LogP contribution in [0, 0.1) is 23.0 Å². The fourth-order valence-corrected chi connectivity index (χ4v) is 1.85. The van der Waals surface area contributed by atoms with E-state index in [0.29, 0.717) is 0 Å². The summed E-state index contributed by atoms with van der Waals surface area (Å²) < 4.78 is 27.6. The average Bonchev–Trinajstić information content (AvgIpc) is 2.35. The summed E-state index contributed by atoms with van der Waals surface area (Å²) in [6.45, 7) is 0.